The van der Waals surface area contributed by atoms with Crippen LogP contribution in [0.3, 0.4) is 0 Å². The molecule has 9 heteroatoms. The Balaban J connectivity index is 0.00000259. The number of nitrogens with one attached hydrogen (secondary N) is 1. The monoisotopic (exact) mass is 527 g/mol. The first kappa shape index (κ1) is 23.1. The normalized spacial score (nSPS) is 15.4. The molecule has 3 aromatic carbocycles. The van der Waals surface area contributed by atoms with Gasteiger partial charge in [0.15, 0.2) is 5.96 Å². The van der Waals surface area contributed by atoms with Crippen molar-refractivity contribution >= 4 is 45.1 Å². The van der Waals surface area contributed by atoms with E-state index in [0.717, 1.165) is 51.5 Å². The Morgan fingerprint density at radius 1 is 1.15 bits per heavy atom. The van der Waals surface area contributed by atoms with Crippen molar-refractivity contribution in [3.63, 3.8) is 0 Å². The van der Waals surface area contributed by atoms with Gasteiger partial charge >= 0.3 is 0 Å². The summed E-state index contributed by atoms with van der Waals surface area (Å²) in [5.41, 5.74) is 7.67. The number of hydrogen-bond donors (Lipinski definition) is 2. The third-order valence-corrected chi connectivity index (χ3v) is 6.15. The topological polar surface area (TPSA) is 101 Å². The van der Waals surface area contributed by atoms with E-state index < -0.39 is 0 Å². The van der Waals surface area contributed by atoms with Gasteiger partial charge in [0.25, 0.3) is 0 Å². The molecule has 1 aliphatic rings. The van der Waals surface area contributed by atoms with Gasteiger partial charge in [-0.05, 0) is 59.5 Å². The van der Waals surface area contributed by atoms with Crippen molar-refractivity contribution in [2.75, 3.05) is 6.54 Å². The maximum Gasteiger partial charge on any atom is 0.249 e. The predicted molar refractivity (Wildman–Crippen MR) is 134 cm³/mol. The van der Waals surface area contributed by atoms with E-state index in [1.165, 1.54) is 0 Å². The number of fused-ring (bicyclic) bond motifs is 1. The molecule has 0 aliphatic carbocycles. The molecule has 0 radical (unpaired) electrons. The van der Waals surface area contributed by atoms with Gasteiger partial charge in [-0.25, -0.2) is 0 Å². The average Bonchev–Trinajstić information content (AvgIpc) is 3.47. The van der Waals surface area contributed by atoms with Crippen molar-refractivity contribution in [3.8, 4) is 17.1 Å². The first-order chi connectivity index (χ1) is 15.6. The number of benzene rings is 3. The SMILES string of the molecule is Cl.N=C(N)N1CCC[C@H]1c1nc(-c2ccc3cc(OCc4cccc(Br)c4)ccc3c2)no1. The van der Waals surface area contributed by atoms with E-state index in [2.05, 4.69) is 26.1 Å². The third-order valence-electron chi connectivity index (χ3n) is 5.65. The van der Waals surface area contributed by atoms with Gasteiger partial charge in [0.2, 0.25) is 11.7 Å². The van der Waals surface area contributed by atoms with Crippen LogP contribution in [0.1, 0.15) is 30.3 Å². The van der Waals surface area contributed by atoms with E-state index in [-0.39, 0.29) is 24.4 Å². The van der Waals surface area contributed by atoms with E-state index >= 15 is 0 Å². The van der Waals surface area contributed by atoms with Gasteiger partial charge in [-0.3, -0.25) is 5.41 Å². The molecule has 2 heterocycles. The summed E-state index contributed by atoms with van der Waals surface area (Å²) in [6, 6.07) is 20.0. The fourth-order valence-electron chi connectivity index (χ4n) is 4.05. The largest absolute Gasteiger partial charge is 0.489 e. The quantitative estimate of drug-likeness (QED) is 0.255. The van der Waals surface area contributed by atoms with Gasteiger partial charge in [-0.15, -0.1) is 12.4 Å². The van der Waals surface area contributed by atoms with Gasteiger partial charge < -0.3 is 19.9 Å². The van der Waals surface area contributed by atoms with Crippen LogP contribution in [0, 0.1) is 5.41 Å². The van der Waals surface area contributed by atoms with Gasteiger partial charge in [0.05, 0.1) is 0 Å². The molecule has 170 valence electrons. The van der Waals surface area contributed by atoms with Crippen molar-refractivity contribution < 1.29 is 9.26 Å². The number of ether oxygens (including phenoxy) is 1. The number of halogens is 2. The van der Waals surface area contributed by atoms with Crippen LogP contribution in [-0.4, -0.2) is 27.5 Å². The Morgan fingerprint density at radius 3 is 2.79 bits per heavy atom. The summed E-state index contributed by atoms with van der Waals surface area (Å²) in [7, 11) is 0. The Hall–Kier alpha value is -3.10. The zero-order valence-corrected chi connectivity index (χ0v) is 20.1. The molecule has 0 spiro atoms. The number of aromatic nitrogens is 2. The minimum Gasteiger partial charge on any atom is -0.489 e. The summed E-state index contributed by atoms with van der Waals surface area (Å²) in [5, 5.41) is 14.0. The Labute approximate surface area is 206 Å². The van der Waals surface area contributed by atoms with Gasteiger partial charge in [0, 0.05) is 16.6 Å². The molecule has 5 rings (SSSR count). The van der Waals surface area contributed by atoms with Crippen LogP contribution >= 0.6 is 28.3 Å². The summed E-state index contributed by atoms with van der Waals surface area (Å²) < 4.78 is 12.5. The second-order valence-corrected chi connectivity index (χ2v) is 8.75. The lowest BCUT2D eigenvalue weighted by Gasteiger charge is -2.21. The van der Waals surface area contributed by atoms with E-state index in [4.69, 9.17) is 20.4 Å². The molecule has 1 atom stereocenters. The molecule has 3 N–H and O–H groups in total. The van der Waals surface area contributed by atoms with Crippen LogP contribution in [0.25, 0.3) is 22.2 Å². The van der Waals surface area contributed by atoms with Crippen LogP contribution in [0.2, 0.25) is 0 Å². The first-order valence-corrected chi connectivity index (χ1v) is 11.2. The second-order valence-electron chi connectivity index (χ2n) is 7.84. The number of hydrogen-bond acceptors (Lipinski definition) is 5. The molecule has 0 saturated carbocycles. The highest BCUT2D eigenvalue weighted by molar-refractivity contribution is 9.10. The smallest absolute Gasteiger partial charge is 0.249 e. The predicted octanol–water partition coefficient (Wildman–Crippen LogP) is 5.68. The molecule has 1 saturated heterocycles. The van der Waals surface area contributed by atoms with E-state index in [9.17, 15) is 0 Å². The Morgan fingerprint density at radius 2 is 1.97 bits per heavy atom. The summed E-state index contributed by atoms with van der Waals surface area (Å²) >= 11 is 3.49. The minimum atomic E-state index is -0.126. The maximum absolute atomic E-state index is 7.74. The molecular weight excluding hydrogens is 506 g/mol. The van der Waals surface area contributed by atoms with E-state index in [1.807, 2.05) is 60.7 Å². The first-order valence-electron chi connectivity index (χ1n) is 10.4. The zero-order valence-electron chi connectivity index (χ0n) is 17.7. The summed E-state index contributed by atoms with van der Waals surface area (Å²) in [6.45, 7) is 1.24. The zero-order chi connectivity index (χ0) is 22.1. The molecule has 0 bridgehead atoms. The second kappa shape index (κ2) is 9.80. The molecule has 1 fully saturated rings. The summed E-state index contributed by atoms with van der Waals surface area (Å²) in [6.07, 6.45) is 1.80. The Bertz CT molecular complexity index is 1290. The lowest BCUT2D eigenvalue weighted by molar-refractivity contribution is 0.283. The van der Waals surface area contributed by atoms with Gasteiger partial charge in [-0.1, -0.05) is 51.4 Å². The van der Waals surface area contributed by atoms with Crippen molar-refractivity contribution in [1.82, 2.24) is 15.0 Å². The van der Waals surface area contributed by atoms with E-state index in [1.54, 1.807) is 4.90 Å². The highest BCUT2D eigenvalue weighted by atomic mass is 79.9. The highest BCUT2D eigenvalue weighted by Gasteiger charge is 2.31. The molecule has 4 aromatic rings. The van der Waals surface area contributed by atoms with Crippen molar-refractivity contribution in [1.29, 1.82) is 5.41 Å². The van der Waals surface area contributed by atoms with Gasteiger partial charge in [0.1, 0.15) is 18.4 Å². The van der Waals surface area contributed by atoms with Crippen molar-refractivity contribution in [3.05, 3.63) is 76.6 Å². The van der Waals surface area contributed by atoms with Gasteiger partial charge in [-0.2, -0.15) is 4.98 Å². The molecule has 0 amide bonds. The summed E-state index contributed by atoms with van der Waals surface area (Å²) in [5.74, 6) is 1.89. The van der Waals surface area contributed by atoms with Crippen LogP contribution in [0.15, 0.2) is 69.7 Å². The number of likely N-dealkylation sites (tertiary alicyclic amines) is 1. The molecule has 1 aromatic heterocycles. The Kier molecular flexibility index (Phi) is 6.85. The lowest BCUT2D eigenvalue weighted by atomic mass is 10.1. The molecular formula is C24H23BrClN5O2. The van der Waals surface area contributed by atoms with Crippen molar-refractivity contribution in [2.24, 2.45) is 5.73 Å². The molecule has 1 aliphatic heterocycles. The van der Waals surface area contributed by atoms with Crippen LogP contribution in [-0.2, 0) is 6.61 Å². The van der Waals surface area contributed by atoms with Crippen LogP contribution in [0.5, 0.6) is 5.75 Å². The number of guanidine groups is 1. The molecule has 7 nitrogen and oxygen atoms in total. The summed E-state index contributed by atoms with van der Waals surface area (Å²) in [4.78, 5) is 6.39. The average molecular weight is 529 g/mol. The fourth-order valence-corrected chi connectivity index (χ4v) is 4.49. The minimum absolute atomic E-state index is 0. The van der Waals surface area contributed by atoms with Crippen molar-refractivity contribution in [2.45, 2.75) is 25.5 Å². The number of rotatable bonds is 5. The number of nitrogens with two attached hydrogens (primary N) is 1. The molecule has 33 heavy (non-hydrogen) atoms. The number of nitrogens with zero attached hydrogens (tertiary/aromatic N) is 3. The molecule has 0 unspecified atom stereocenters. The fraction of sp³-hybridized carbons (Fsp3) is 0.208. The highest BCUT2D eigenvalue weighted by Crippen LogP contribution is 2.32. The lowest BCUT2D eigenvalue weighted by Crippen LogP contribution is -2.35. The maximum atomic E-state index is 7.74. The van der Waals surface area contributed by atoms with Crippen LogP contribution in [0.4, 0.5) is 0 Å². The van der Waals surface area contributed by atoms with Crippen LogP contribution < -0.4 is 10.5 Å². The standard InChI is InChI=1S/C24H22BrN5O2.ClH/c25-19-4-1-3-15(11-19)14-31-20-9-8-16-12-18(7-6-17(16)13-20)22-28-23(32-29-22)21-5-2-10-30(21)24(26)27;/h1,3-4,6-9,11-13,21H,2,5,10,14H2,(H3,26,27);1H/t21-;/m0./s1. The van der Waals surface area contributed by atoms with E-state index in [0.29, 0.717) is 18.3 Å². The third kappa shape index (κ3) is 4.96.